The lowest BCUT2D eigenvalue weighted by atomic mass is 9.83. The van der Waals surface area contributed by atoms with Crippen molar-refractivity contribution in [3.05, 3.63) is 35.4 Å². The van der Waals surface area contributed by atoms with Gasteiger partial charge in [0.1, 0.15) is 0 Å². The highest BCUT2D eigenvalue weighted by atomic mass is 16.5. The number of nitrogens with zero attached hydrogens (tertiary/aromatic N) is 2. The Labute approximate surface area is 192 Å². The Morgan fingerprint density at radius 3 is 2.38 bits per heavy atom. The molecule has 0 bridgehead atoms. The highest BCUT2D eigenvalue weighted by Crippen LogP contribution is 2.41. The van der Waals surface area contributed by atoms with Gasteiger partial charge in [0.15, 0.2) is 5.96 Å². The molecule has 2 amide bonds. The minimum absolute atomic E-state index is 0.178. The maximum Gasteiger partial charge on any atom is 0.261 e. The number of hydrogen-bond acceptors (Lipinski definition) is 4. The van der Waals surface area contributed by atoms with E-state index in [1.165, 1.54) is 30.6 Å². The fourth-order valence-corrected chi connectivity index (χ4v) is 4.68. The predicted molar refractivity (Wildman–Crippen MR) is 127 cm³/mol. The summed E-state index contributed by atoms with van der Waals surface area (Å²) in [6.07, 6.45) is 7.70. The molecule has 1 aliphatic heterocycles. The first-order chi connectivity index (χ1) is 15.6. The summed E-state index contributed by atoms with van der Waals surface area (Å²) >= 11 is 0. The lowest BCUT2D eigenvalue weighted by molar-refractivity contribution is 0.0651. The fourth-order valence-electron chi connectivity index (χ4n) is 4.68. The third-order valence-electron chi connectivity index (χ3n) is 6.54. The Morgan fingerprint density at radius 1 is 1.06 bits per heavy atom. The van der Waals surface area contributed by atoms with Gasteiger partial charge in [0, 0.05) is 39.4 Å². The molecule has 0 aromatic heterocycles. The van der Waals surface area contributed by atoms with E-state index in [-0.39, 0.29) is 17.2 Å². The van der Waals surface area contributed by atoms with Gasteiger partial charge in [-0.1, -0.05) is 25.0 Å². The van der Waals surface area contributed by atoms with Crippen LogP contribution in [0.3, 0.4) is 0 Å². The molecule has 3 rings (SSSR count). The van der Waals surface area contributed by atoms with E-state index >= 15 is 0 Å². The summed E-state index contributed by atoms with van der Waals surface area (Å²) in [6, 6.07) is 7.04. The summed E-state index contributed by atoms with van der Waals surface area (Å²) in [7, 11) is 0. The molecule has 0 atom stereocenters. The number of ether oxygens (including phenoxy) is 1. The zero-order valence-electron chi connectivity index (χ0n) is 19.6. The Balaban J connectivity index is 1.44. The number of rotatable bonds is 12. The van der Waals surface area contributed by atoms with Crippen LogP contribution in [0.15, 0.2) is 29.3 Å². The molecule has 1 aromatic rings. The number of unbranched alkanes of at least 4 members (excludes halogenated alkanes) is 1. The molecule has 7 nitrogen and oxygen atoms in total. The minimum atomic E-state index is -0.178. The molecule has 1 heterocycles. The highest BCUT2D eigenvalue weighted by molar-refractivity contribution is 6.21. The van der Waals surface area contributed by atoms with Crippen LogP contribution in [0.2, 0.25) is 0 Å². The van der Waals surface area contributed by atoms with Crippen molar-refractivity contribution >= 4 is 17.8 Å². The second-order valence-corrected chi connectivity index (χ2v) is 8.79. The molecule has 176 valence electrons. The van der Waals surface area contributed by atoms with Gasteiger partial charge in [0.05, 0.1) is 11.1 Å². The van der Waals surface area contributed by atoms with Crippen LogP contribution in [0.4, 0.5) is 0 Å². The van der Waals surface area contributed by atoms with E-state index in [2.05, 4.69) is 17.6 Å². The van der Waals surface area contributed by atoms with Crippen LogP contribution < -0.4 is 10.6 Å². The second kappa shape index (κ2) is 12.0. The number of carbonyl (C=O) groups excluding carboxylic acids is 2. The minimum Gasteiger partial charge on any atom is -0.382 e. The third-order valence-corrected chi connectivity index (χ3v) is 6.54. The summed E-state index contributed by atoms with van der Waals surface area (Å²) in [5, 5.41) is 6.75. The van der Waals surface area contributed by atoms with Gasteiger partial charge in [-0.05, 0) is 63.5 Å². The molecule has 1 fully saturated rings. The van der Waals surface area contributed by atoms with Crippen molar-refractivity contribution in [1.29, 1.82) is 0 Å². The average Bonchev–Trinajstić information content (AvgIpc) is 3.36. The summed E-state index contributed by atoms with van der Waals surface area (Å²) in [5.41, 5.74) is 1.30. The van der Waals surface area contributed by atoms with Gasteiger partial charge >= 0.3 is 0 Å². The van der Waals surface area contributed by atoms with Crippen LogP contribution in [0, 0.1) is 5.41 Å². The molecule has 1 aromatic carbocycles. The zero-order chi connectivity index (χ0) is 22.8. The van der Waals surface area contributed by atoms with Gasteiger partial charge in [-0.3, -0.25) is 19.5 Å². The first-order valence-corrected chi connectivity index (χ1v) is 12.2. The van der Waals surface area contributed by atoms with Gasteiger partial charge < -0.3 is 15.4 Å². The maximum atomic E-state index is 12.5. The van der Waals surface area contributed by atoms with Crippen molar-refractivity contribution in [1.82, 2.24) is 15.5 Å². The van der Waals surface area contributed by atoms with Crippen LogP contribution >= 0.6 is 0 Å². The normalized spacial score (nSPS) is 17.7. The molecule has 7 heteroatoms. The third kappa shape index (κ3) is 6.09. The Kier molecular flexibility index (Phi) is 9.09. The van der Waals surface area contributed by atoms with Crippen LogP contribution in [0.1, 0.15) is 79.5 Å². The number of fused-ring (bicyclic) bond motifs is 1. The summed E-state index contributed by atoms with van der Waals surface area (Å²) < 4.78 is 5.61. The lowest BCUT2D eigenvalue weighted by Gasteiger charge is -2.27. The molecular formula is C25H38N4O3. The number of benzene rings is 1. The van der Waals surface area contributed by atoms with E-state index < -0.39 is 0 Å². The van der Waals surface area contributed by atoms with Crippen molar-refractivity contribution in [2.75, 3.05) is 39.4 Å². The monoisotopic (exact) mass is 442 g/mol. The molecular weight excluding hydrogens is 404 g/mol. The van der Waals surface area contributed by atoms with E-state index in [1.807, 2.05) is 6.92 Å². The van der Waals surface area contributed by atoms with Crippen molar-refractivity contribution in [2.45, 2.75) is 58.8 Å². The van der Waals surface area contributed by atoms with Crippen molar-refractivity contribution in [3.8, 4) is 0 Å². The molecule has 1 saturated carbocycles. The number of guanidine groups is 1. The molecule has 0 radical (unpaired) electrons. The first-order valence-electron chi connectivity index (χ1n) is 12.2. The molecule has 0 unspecified atom stereocenters. The zero-order valence-corrected chi connectivity index (χ0v) is 19.6. The topological polar surface area (TPSA) is 83.0 Å². The summed E-state index contributed by atoms with van der Waals surface area (Å²) in [4.78, 5) is 31.2. The standard InChI is InChI=1S/C25H38N4O3/c1-3-26-24(28-19-25(13-7-8-14-25)15-18-32-4-2)27-16-9-10-17-29-22(30)20-11-5-6-12-21(20)23(29)31/h5-6,11-12H,3-4,7-10,13-19H2,1-2H3,(H2,26,27,28). The Hall–Kier alpha value is -2.41. The van der Waals surface area contributed by atoms with E-state index in [9.17, 15) is 9.59 Å². The van der Waals surface area contributed by atoms with Crippen LogP contribution in [-0.4, -0.2) is 62.1 Å². The van der Waals surface area contributed by atoms with Crippen LogP contribution in [-0.2, 0) is 4.74 Å². The van der Waals surface area contributed by atoms with E-state index in [0.717, 1.165) is 58.1 Å². The van der Waals surface area contributed by atoms with Crippen LogP contribution in [0.25, 0.3) is 0 Å². The summed E-state index contributed by atoms with van der Waals surface area (Å²) in [5.74, 6) is 0.487. The van der Waals surface area contributed by atoms with Gasteiger partial charge in [0.25, 0.3) is 11.8 Å². The average molecular weight is 443 g/mol. The molecule has 0 saturated heterocycles. The Morgan fingerprint density at radius 2 is 1.75 bits per heavy atom. The molecule has 0 spiro atoms. The second-order valence-electron chi connectivity index (χ2n) is 8.79. The van der Waals surface area contributed by atoms with Gasteiger partial charge in [0.2, 0.25) is 0 Å². The molecule has 2 aliphatic rings. The smallest absolute Gasteiger partial charge is 0.261 e. The fraction of sp³-hybridized carbons (Fsp3) is 0.640. The lowest BCUT2D eigenvalue weighted by Crippen LogP contribution is -2.39. The van der Waals surface area contributed by atoms with Crippen molar-refractivity contribution in [2.24, 2.45) is 10.4 Å². The van der Waals surface area contributed by atoms with E-state index in [0.29, 0.717) is 17.7 Å². The largest absolute Gasteiger partial charge is 0.382 e. The highest BCUT2D eigenvalue weighted by Gasteiger charge is 2.35. The van der Waals surface area contributed by atoms with Crippen LogP contribution in [0.5, 0.6) is 0 Å². The van der Waals surface area contributed by atoms with E-state index in [4.69, 9.17) is 9.73 Å². The number of nitrogens with one attached hydrogen (secondary N) is 2. The number of carbonyl (C=O) groups is 2. The predicted octanol–water partition coefficient (Wildman–Crippen LogP) is 3.60. The number of imide groups is 1. The molecule has 32 heavy (non-hydrogen) atoms. The Bertz CT molecular complexity index is 767. The van der Waals surface area contributed by atoms with Gasteiger partial charge in [-0.15, -0.1) is 0 Å². The molecule has 1 aliphatic carbocycles. The quantitative estimate of drug-likeness (QED) is 0.224. The number of amides is 2. The van der Waals surface area contributed by atoms with Crippen molar-refractivity contribution < 1.29 is 14.3 Å². The first kappa shape index (κ1) is 24.2. The number of hydrogen-bond donors (Lipinski definition) is 2. The van der Waals surface area contributed by atoms with Crippen molar-refractivity contribution in [3.63, 3.8) is 0 Å². The van der Waals surface area contributed by atoms with Gasteiger partial charge in [-0.25, -0.2) is 0 Å². The SMILES string of the molecule is CCNC(=NCC1(CCOCC)CCCC1)NCCCCN1C(=O)c2ccccc2C1=O. The summed E-state index contributed by atoms with van der Waals surface area (Å²) in [6.45, 7) is 8.53. The molecule has 2 N–H and O–H groups in total. The van der Waals surface area contributed by atoms with E-state index in [1.54, 1.807) is 24.3 Å². The van der Waals surface area contributed by atoms with Gasteiger partial charge in [-0.2, -0.15) is 0 Å². The number of aliphatic imine (C=N–C) groups is 1. The maximum absolute atomic E-state index is 12.5.